The van der Waals surface area contributed by atoms with Crippen molar-refractivity contribution in [1.29, 1.82) is 0 Å². The topological polar surface area (TPSA) is 61.8 Å². The highest BCUT2D eigenvalue weighted by Gasteiger charge is 2.30. The normalized spacial score (nSPS) is 13.0. The first kappa shape index (κ1) is 16.3. The summed E-state index contributed by atoms with van der Waals surface area (Å²) in [7, 11) is 0. The Morgan fingerprint density at radius 2 is 1.88 bits per heavy atom. The maximum Gasteiger partial charge on any atom is 0.260 e. The Morgan fingerprint density at radius 3 is 2.69 bits per heavy atom. The second-order valence-electron chi connectivity index (χ2n) is 5.92. The lowest BCUT2D eigenvalue weighted by Gasteiger charge is -2.16. The zero-order valence-electron chi connectivity index (χ0n) is 13.6. The molecule has 0 aliphatic carbocycles. The predicted molar refractivity (Wildman–Crippen MR) is 103 cm³/mol. The zero-order valence-corrected chi connectivity index (χ0v) is 14.4. The minimum Gasteiger partial charge on any atom is -0.298 e. The number of benzene rings is 3. The zero-order chi connectivity index (χ0) is 18.1. The van der Waals surface area contributed by atoms with Crippen LogP contribution in [0.3, 0.4) is 0 Å². The smallest absolute Gasteiger partial charge is 0.260 e. The van der Waals surface area contributed by atoms with Gasteiger partial charge < -0.3 is 0 Å². The maximum atomic E-state index is 12.6. The number of hydrogen-bond donors (Lipinski definition) is 1. The molecule has 6 heteroatoms. The van der Waals surface area contributed by atoms with Gasteiger partial charge in [0.15, 0.2) is 0 Å². The Morgan fingerprint density at radius 1 is 1.12 bits per heavy atom. The average molecular weight is 364 g/mol. The van der Waals surface area contributed by atoms with Crippen molar-refractivity contribution in [3.05, 3.63) is 76.8 Å². The number of amides is 2. The lowest BCUT2D eigenvalue weighted by molar-refractivity contribution is -0.119. The van der Waals surface area contributed by atoms with Crippen molar-refractivity contribution < 1.29 is 9.59 Å². The molecule has 1 heterocycles. The summed E-state index contributed by atoms with van der Waals surface area (Å²) in [5, 5.41) is 6.38. The number of hydrazone groups is 1. The Balaban J connectivity index is 1.49. The van der Waals surface area contributed by atoms with Gasteiger partial charge in [-0.1, -0.05) is 48.0 Å². The highest BCUT2D eigenvalue weighted by molar-refractivity contribution is 6.30. The van der Waals surface area contributed by atoms with Gasteiger partial charge in [-0.2, -0.15) is 5.10 Å². The Bertz CT molecular complexity index is 1060. The number of rotatable bonds is 4. The van der Waals surface area contributed by atoms with E-state index in [1.165, 1.54) is 11.1 Å². The van der Waals surface area contributed by atoms with Crippen LogP contribution in [0.15, 0.2) is 65.8 Å². The van der Waals surface area contributed by atoms with Crippen LogP contribution in [-0.2, 0) is 4.79 Å². The summed E-state index contributed by atoms with van der Waals surface area (Å²) in [6.45, 7) is -0.0977. The fourth-order valence-corrected chi connectivity index (χ4v) is 3.28. The number of carbonyl (C=O) groups is 2. The molecule has 0 saturated carbocycles. The first-order chi connectivity index (χ1) is 12.6. The van der Waals surface area contributed by atoms with Gasteiger partial charge in [0.05, 0.1) is 11.9 Å². The Hall–Kier alpha value is -3.18. The predicted octanol–water partition coefficient (Wildman–Crippen LogP) is 3.60. The third kappa shape index (κ3) is 2.93. The summed E-state index contributed by atoms with van der Waals surface area (Å²) < 4.78 is 0. The van der Waals surface area contributed by atoms with Crippen molar-refractivity contribution in [1.82, 2.24) is 5.43 Å². The average Bonchev–Trinajstić information content (AvgIpc) is 2.90. The fraction of sp³-hybridized carbons (Fsp3) is 0.0500. The molecule has 0 spiro atoms. The van der Waals surface area contributed by atoms with Crippen LogP contribution in [0.4, 0.5) is 5.69 Å². The van der Waals surface area contributed by atoms with Crippen LogP contribution >= 0.6 is 11.6 Å². The molecule has 5 nitrogen and oxygen atoms in total. The van der Waals surface area contributed by atoms with E-state index in [0.29, 0.717) is 10.6 Å². The van der Waals surface area contributed by atoms with E-state index in [2.05, 4.69) is 10.5 Å². The van der Waals surface area contributed by atoms with Gasteiger partial charge in [0.1, 0.15) is 6.54 Å². The third-order valence-electron chi connectivity index (χ3n) is 4.20. The van der Waals surface area contributed by atoms with Crippen LogP contribution in [0.5, 0.6) is 0 Å². The van der Waals surface area contributed by atoms with Gasteiger partial charge in [-0.15, -0.1) is 0 Å². The van der Waals surface area contributed by atoms with Crippen molar-refractivity contribution in [3.63, 3.8) is 0 Å². The number of nitrogens with zero attached hydrogens (tertiary/aromatic N) is 2. The molecule has 3 aromatic carbocycles. The molecule has 0 unspecified atom stereocenters. The van der Waals surface area contributed by atoms with Crippen molar-refractivity contribution >= 4 is 46.1 Å². The molecule has 0 saturated heterocycles. The number of hydrogen-bond acceptors (Lipinski definition) is 3. The molecule has 1 aliphatic rings. The van der Waals surface area contributed by atoms with Gasteiger partial charge in [0.2, 0.25) is 0 Å². The minimum atomic E-state index is -0.374. The largest absolute Gasteiger partial charge is 0.298 e. The highest BCUT2D eigenvalue weighted by atomic mass is 35.5. The quantitative estimate of drug-likeness (QED) is 0.568. The second kappa shape index (κ2) is 6.61. The molecule has 128 valence electrons. The summed E-state index contributed by atoms with van der Waals surface area (Å²) in [6.07, 6.45) is 1.51. The van der Waals surface area contributed by atoms with Crippen LogP contribution in [0.1, 0.15) is 15.9 Å². The summed E-state index contributed by atoms with van der Waals surface area (Å²) in [5.41, 5.74) is 4.59. The van der Waals surface area contributed by atoms with E-state index in [0.717, 1.165) is 22.0 Å². The lowest BCUT2D eigenvalue weighted by atomic mass is 10.1. The molecule has 26 heavy (non-hydrogen) atoms. The molecule has 0 atom stereocenters. The highest BCUT2D eigenvalue weighted by Crippen LogP contribution is 2.36. The number of nitrogens with one attached hydrogen (secondary N) is 1. The van der Waals surface area contributed by atoms with Gasteiger partial charge in [0, 0.05) is 16.0 Å². The Labute approximate surface area is 154 Å². The summed E-state index contributed by atoms with van der Waals surface area (Å²) >= 11 is 5.91. The van der Waals surface area contributed by atoms with Gasteiger partial charge in [-0.25, -0.2) is 5.43 Å². The minimum absolute atomic E-state index is 0.0977. The lowest BCUT2D eigenvalue weighted by Crippen LogP contribution is -2.37. The molecular formula is C20H14ClN3O2. The van der Waals surface area contributed by atoms with E-state index in [1.54, 1.807) is 24.3 Å². The maximum absolute atomic E-state index is 12.6. The summed E-state index contributed by atoms with van der Waals surface area (Å²) in [5.74, 6) is -0.549. The van der Waals surface area contributed by atoms with Gasteiger partial charge in [0.25, 0.3) is 11.8 Å². The molecule has 1 aliphatic heterocycles. The van der Waals surface area contributed by atoms with Crippen molar-refractivity contribution in [2.24, 2.45) is 5.10 Å². The van der Waals surface area contributed by atoms with E-state index < -0.39 is 0 Å². The van der Waals surface area contributed by atoms with E-state index in [9.17, 15) is 9.59 Å². The van der Waals surface area contributed by atoms with E-state index in [-0.39, 0.29) is 18.4 Å². The molecule has 0 bridgehead atoms. The molecule has 0 aromatic heterocycles. The molecule has 1 N–H and O–H groups in total. The second-order valence-corrected chi connectivity index (χ2v) is 6.36. The van der Waals surface area contributed by atoms with Gasteiger partial charge in [-0.3, -0.25) is 14.5 Å². The van der Waals surface area contributed by atoms with Crippen molar-refractivity contribution in [3.8, 4) is 0 Å². The third-order valence-corrected chi connectivity index (χ3v) is 4.44. The van der Waals surface area contributed by atoms with Gasteiger partial charge in [-0.05, 0) is 35.2 Å². The van der Waals surface area contributed by atoms with Crippen LogP contribution in [0, 0.1) is 0 Å². The molecule has 4 rings (SSSR count). The van der Waals surface area contributed by atoms with Crippen molar-refractivity contribution in [2.45, 2.75) is 0 Å². The van der Waals surface area contributed by atoms with Crippen LogP contribution in [0.2, 0.25) is 5.02 Å². The van der Waals surface area contributed by atoms with E-state index >= 15 is 0 Å². The first-order valence-electron chi connectivity index (χ1n) is 8.04. The van der Waals surface area contributed by atoms with Crippen LogP contribution < -0.4 is 10.3 Å². The summed E-state index contributed by atoms with van der Waals surface area (Å²) in [4.78, 5) is 26.3. The standard InChI is InChI=1S/C20H14ClN3O2/c21-15-7-1-4-13(10-15)11-22-23-18(25)12-24-17-9-3-6-14-5-2-8-16(19(14)17)20(24)26/h1-11H,12H2,(H,23,25)/b22-11+. The Kier molecular flexibility index (Phi) is 4.14. The van der Waals surface area contributed by atoms with Crippen LogP contribution in [-0.4, -0.2) is 24.6 Å². The molecule has 2 amide bonds. The summed E-state index contributed by atoms with van der Waals surface area (Å²) in [6, 6.07) is 18.4. The number of anilines is 1. The molecule has 0 fully saturated rings. The monoisotopic (exact) mass is 363 g/mol. The fourth-order valence-electron chi connectivity index (χ4n) is 3.08. The number of halogens is 1. The molecule has 3 aromatic rings. The molecule has 0 radical (unpaired) electrons. The van der Waals surface area contributed by atoms with E-state index in [4.69, 9.17) is 11.6 Å². The molecular weight excluding hydrogens is 350 g/mol. The van der Waals surface area contributed by atoms with Gasteiger partial charge >= 0.3 is 0 Å². The van der Waals surface area contributed by atoms with Crippen LogP contribution in [0.25, 0.3) is 10.8 Å². The number of carbonyl (C=O) groups excluding carboxylic acids is 2. The first-order valence-corrected chi connectivity index (χ1v) is 8.42. The van der Waals surface area contributed by atoms with Crippen molar-refractivity contribution in [2.75, 3.05) is 11.4 Å². The SMILES string of the molecule is O=C(CN1C(=O)c2cccc3cccc1c23)N/N=C/c1cccc(Cl)c1. The van der Waals surface area contributed by atoms with E-state index in [1.807, 2.05) is 36.4 Å².